The van der Waals surface area contributed by atoms with Crippen molar-refractivity contribution in [3.8, 4) is 5.75 Å². The van der Waals surface area contributed by atoms with Crippen LogP contribution in [0.2, 0.25) is 5.02 Å². The summed E-state index contributed by atoms with van der Waals surface area (Å²) in [7, 11) is 0. The van der Waals surface area contributed by atoms with Crippen molar-refractivity contribution in [1.29, 1.82) is 0 Å². The molecule has 2 aromatic rings. The molecule has 4 nitrogen and oxygen atoms in total. The van der Waals surface area contributed by atoms with E-state index in [1.807, 2.05) is 24.3 Å². The molecular weight excluding hydrogens is 276 g/mol. The Balaban J connectivity index is 1.94. The van der Waals surface area contributed by atoms with E-state index in [1.54, 1.807) is 23.1 Å². The lowest BCUT2D eigenvalue weighted by Crippen LogP contribution is -2.38. The quantitative estimate of drug-likeness (QED) is 0.865. The number of rotatable bonds is 2. The van der Waals surface area contributed by atoms with Crippen LogP contribution >= 0.6 is 11.6 Å². The largest absolute Gasteiger partial charge is 0.482 e. The molecule has 2 aromatic carbocycles. The van der Waals surface area contributed by atoms with Gasteiger partial charge < -0.3 is 15.4 Å². The van der Waals surface area contributed by atoms with Crippen molar-refractivity contribution in [3.63, 3.8) is 0 Å². The summed E-state index contributed by atoms with van der Waals surface area (Å²) in [6.07, 6.45) is 0. The monoisotopic (exact) mass is 288 g/mol. The van der Waals surface area contributed by atoms with Gasteiger partial charge in [-0.2, -0.15) is 0 Å². The van der Waals surface area contributed by atoms with Gasteiger partial charge in [-0.05, 0) is 35.9 Å². The second-order valence-corrected chi connectivity index (χ2v) is 5.06. The number of nitrogen functional groups attached to an aromatic ring is 1. The zero-order valence-corrected chi connectivity index (χ0v) is 11.4. The van der Waals surface area contributed by atoms with Crippen molar-refractivity contribution < 1.29 is 9.53 Å². The standard InChI is InChI=1S/C15H13ClN2O2/c16-11-3-6-14-13(7-11)18(15(19)9-20-14)8-10-1-4-12(17)5-2-10/h1-7H,8-9,17H2. The summed E-state index contributed by atoms with van der Waals surface area (Å²) < 4.78 is 5.41. The molecule has 0 unspecified atom stereocenters. The lowest BCUT2D eigenvalue weighted by Gasteiger charge is -2.29. The van der Waals surface area contributed by atoms with Crippen LogP contribution in [0.15, 0.2) is 42.5 Å². The summed E-state index contributed by atoms with van der Waals surface area (Å²) in [6.45, 7) is 0.513. The Morgan fingerprint density at radius 1 is 1.20 bits per heavy atom. The molecule has 0 saturated heterocycles. The first kappa shape index (κ1) is 12.8. The Morgan fingerprint density at radius 3 is 2.70 bits per heavy atom. The van der Waals surface area contributed by atoms with E-state index >= 15 is 0 Å². The van der Waals surface area contributed by atoms with Crippen molar-refractivity contribution in [1.82, 2.24) is 0 Å². The van der Waals surface area contributed by atoms with Crippen LogP contribution in [0, 0.1) is 0 Å². The van der Waals surface area contributed by atoms with Gasteiger partial charge in [0.2, 0.25) is 0 Å². The molecule has 1 aliphatic heterocycles. The van der Waals surface area contributed by atoms with Gasteiger partial charge in [-0.3, -0.25) is 4.79 Å². The number of halogens is 1. The van der Waals surface area contributed by atoms with Gasteiger partial charge in [0, 0.05) is 10.7 Å². The highest BCUT2D eigenvalue weighted by Crippen LogP contribution is 2.35. The topological polar surface area (TPSA) is 55.6 Å². The third-order valence-corrected chi connectivity index (χ3v) is 3.42. The minimum atomic E-state index is -0.0865. The maximum Gasteiger partial charge on any atom is 0.265 e. The van der Waals surface area contributed by atoms with Gasteiger partial charge in [0.15, 0.2) is 6.61 Å². The van der Waals surface area contributed by atoms with E-state index in [9.17, 15) is 4.79 Å². The van der Waals surface area contributed by atoms with Crippen molar-refractivity contribution in [2.24, 2.45) is 0 Å². The SMILES string of the molecule is Nc1ccc(CN2C(=O)COc3ccc(Cl)cc32)cc1. The van der Waals surface area contributed by atoms with E-state index in [-0.39, 0.29) is 12.5 Å². The minimum Gasteiger partial charge on any atom is -0.482 e. The number of hydrogen-bond acceptors (Lipinski definition) is 3. The molecule has 3 rings (SSSR count). The van der Waals surface area contributed by atoms with E-state index in [0.29, 0.717) is 28.7 Å². The zero-order valence-electron chi connectivity index (χ0n) is 10.7. The second-order valence-electron chi connectivity index (χ2n) is 4.62. The van der Waals surface area contributed by atoms with Crippen LogP contribution in [0.1, 0.15) is 5.56 Å². The average molecular weight is 289 g/mol. The molecule has 1 aliphatic rings. The second kappa shape index (κ2) is 5.06. The summed E-state index contributed by atoms with van der Waals surface area (Å²) in [5.41, 5.74) is 8.07. The number of hydrogen-bond donors (Lipinski definition) is 1. The molecule has 0 aromatic heterocycles. The van der Waals surface area contributed by atoms with Crippen LogP contribution in [0.4, 0.5) is 11.4 Å². The highest BCUT2D eigenvalue weighted by atomic mass is 35.5. The molecule has 0 bridgehead atoms. The fourth-order valence-corrected chi connectivity index (χ4v) is 2.32. The number of nitrogens with zero attached hydrogens (tertiary/aromatic N) is 1. The Kier molecular flexibility index (Phi) is 3.24. The number of nitrogens with two attached hydrogens (primary N) is 1. The number of benzene rings is 2. The molecule has 5 heteroatoms. The summed E-state index contributed by atoms with van der Waals surface area (Å²) in [5, 5.41) is 0.573. The minimum absolute atomic E-state index is 0.0452. The van der Waals surface area contributed by atoms with E-state index < -0.39 is 0 Å². The van der Waals surface area contributed by atoms with Crippen LogP contribution in [0.3, 0.4) is 0 Å². The molecular formula is C15H13ClN2O2. The van der Waals surface area contributed by atoms with Gasteiger partial charge in [0.05, 0.1) is 12.2 Å². The number of carbonyl (C=O) groups is 1. The summed E-state index contributed by atoms with van der Waals surface area (Å²) in [6, 6.07) is 12.7. The van der Waals surface area contributed by atoms with Gasteiger partial charge in [-0.1, -0.05) is 23.7 Å². The molecule has 0 radical (unpaired) electrons. The fourth-order valence-electron chi connectivity index (χ4n) is 2.15. The van der Waals surface area contributed by atoms with E-state index in [4.69, 9.17) is 22.1 Å². The van der Waals surface area contributed by atoms with Crippen LogP contribution < -0.4 is 15.4 Å². The van der Waals surface area contributed by atoms with E-state index in [1.165, 1.54) is 0 Å². The summed E-state index contributed by atoms with van der Waals surface area (Å²) in [4.78, 5) is 13.7. The smallest absolute Gasteiger partial charge is 0.265 e. The predicted molar refractivity (Wildman–Crippen MR) is 79.0 cm³/mol. The molecule has 0 fully saturated rings. The summed E-state index contributed by atoms with van der Waals surface area (Å²) in [5.74, 6) is 0.584. The molecule has 0 saturated carbocycles. The molecule has 20 heavy (non-hydrogen) atoms. The molecule has 1 heterocycles. The van der Waals surface area contributed by atoms with Crippen molar-refractivity contribution in [2.75, 3.05) is 17.2 Å². The predicted octanol–water partition coefficient (Wildman–Crippen LogP) is 2.85. The molecule has 0 spiro atoms. The maximum atomic E-state index is 12.1. The zero-order chi connectivity index (χ0) is 14.1. The van der Waals surface area contributed by atoms with Crippen LogP contribution in [-0.2, 0) is 11.3 Å². The highest BCUT2D eigenvalue weighted by molar-refractivity contribution is 6.31. The molecule has 0 aliphatic carbocycles. The van der Waals surface area contributed by atoms with Gasteiger partial charge in [-0.15, -0.1) is 0 Å². The average Bonchev–Trinajstić information content (AvgIpc) is 2.44. The molecule has 102 valence electrons. The van der Waals surface area contributed by atoms with Crippen LogP contribution in [-0.4, -0.2) is 12.5 Å². The van der Waals surface area contributed by atoms with Gasteiger partial charge >= 0.3 is 0 Å². The van der Waals surface area contributed by atoms with Gasteiger partial charge in [0.1, 0.15) is 5.75 Å². The number of carbonyl (C=O) groups excluding carboxylic acids is 1. The lowest BCUT2D eigenvalue weighted by molar-refractivity contribution is -0.121. The van der Waals surface area contributed by atoms with Crippen LogP contribution in [0.25, 0.3) is 0 Å². The molecule has 1 amide bonds. The Morgan fingerprint density at radius 2 is 1.95 bits per heavy atom. The molecule has 0 atom stereocenters. The number of amides is 1. The first-order valence-electron chi connectivity index (χ1n) is 6.20. The van der Waals surface area contributed by atoms with Crippen molar-refractivity contribution in [2.45, 2.75) is 6.54 Å². The van der Waals surface area contributed by atoms with Gasteiger partial charge in [-0.25, -0.2) is 0 Å². The Bertz CT molecular complexity index is 655. The first-order valence-corrected chi connectivity index (χ1v) is 6.58. The Hall–Kier alpha value is -2.20. The van der Waals surface area contributed by atoms with Crippen LogP contribution in [0.5, 0.6) is 5.75 Å². The Labute approximate surface area is 121 Å². The van der Waals surface area contributed by atoms with Gasteiger partial charge in [0.25, 0.3) is 5.91 Å². The maximum absolute atomic E-state index is 12.1. The van der Waals surface area contributed by atoms with Crippen molar-refractivity contribution >= 4 is 28.9 Å². The number of ether oxygens (including phenoxy) is 1. The lowest BCUT2D eigenvalue weighted by atomic mass is 10.1. The normalized spacial score (nSPS) is 13.8. The third-order valence-electron chi connectivity index (χ3n) is 3.18. The van der Waals surface area contributed by atoms with Crippen molar-refractivity contribution in [3.05, 3.63) is 53.1 Å². The number of anilines is 2. The molecule has 2 N–H and O–H groups in total. The van der Waals surface area contributed by atoms with E-state index in [0.717, 1.165) is 5.56 Å². The number of fused-ring (bicyclic) bond motifs is 1. The third kappa shape index (κ3) is 2.42. The van der Waals surface area contributed by atoms with E-state index in [2.05, 4.69) is 0 Å². The fraction of sp³-hybridized carbons (Fsp3) is 0.133. The first-order chi connectivity index (χ1) is 9.63. The highest BCUT2D eigenvalue weighted by Gasteiger charge is 2.25. The summed E-state index contributed by atoms with van der Waals surface area (Å²) >= 11 is 6.00.